The van der Waals surface area contributed by atoms with Crippen molar-refractivity contribution in [3.8, 4) is 0 Å². The first-order chi connectivity index (χ1) is 4.62. The summed E-state index contributed by atoms with van der Waals surface area (Å²) in [5.74, 6) is 0. The summed E-state index contributed by atoms with van der Waals surface area (Å²) in [6.07, 6.45) is 2.24. The normalized spacial score (nSPS) is 12.0. The second-order valence-electron chi connectivity index (χ2n) is 2.17. The van der Waals surface area contributed by atoms with Gasteiger partial charge in [0.2, 0.25) is 0 Å². The topological polar surface area (TPSA) is 9.23 Å². The van der Waals surface area contributed by atoms with E-state index >= 15 is 0 Å². The molecule has 0 bridgehead atoms. The van der Waals surface area contributed by atoms with Gasteiger partial charge in [-0.1, -0.05) is 0 Å². The van der Waals surface area contributed by atoms with Gasteiger partial charge in [0.15, 0.2) is 0 Å². The molecule has 10 heavy (non-hydrogen) atoms. The van der Waals surface area contributed by atoms with Gasteiger partial charge >= 0.3 is 75.2 Å². The van der Waals surface area contributed by atoms with Crippen LogP contribution in [0.1, 0.15) is 26.7 Å². The van der Waals surface area contributed by atoms with Gasteiger partial charge in [-0.15, -0.1) is 0 Å². The summed E-state index contributed by atoms with van der Waals surface area (Å²) in [6, 6.07) is 0. The van der Waals surface area contributed by atoms with Crippen molar-refractivity contribution in [2.24, 2.45) is 0 Å². The Morgan fingerprint density at radius 2 is 1.90 bits per heavy atom. The van der Waals surface area contributed by atoms with E-state index in [1.165, 1.54) is 0 Å². The first-order valence-corrected chi connectivity index (χ1v) is 14.1. The molecular formula is C6H14Cl2OSn. The van der Waals surface area contributed by atoms with Crippen LogP contribution in [0.15, 0.2) is 0 Å². The number of rotatable bonds is 5. The monoisotopic (exact) mass is 292 g/mol. The van der Waals surface area contributed by atoms with Gasteiger partial charge in [0, 0.05) is 0 Å². The summed E-state index contributed by atoms with van der Waals surface area (Å²) in [4.78, 5) is 0. The Bertz CT molecular complexity index is 87.8. The van der Waals surface area contributed by atoms with Gasteiger partial charge in [-0.2, -0.15) is 0 Å². The Morgan fingerprint density at radius 1 is 1.30 bits per heavy atom. The van der Waals surface area contributed by atoms with Crippen LogP contribution in [0.5, 0.6) is 0 Å². The number of hydrogen-bond donors (Lipinski definition) is 0. The minimum atomic E-state index is -2.96. The standard InChI is InChI=1S/C4H9.C2H5O.2ClH.Sn/c1-3-4-2;1-2-3;;;/h1,3-4H2,2H3;2H2,1H3;2*1H;/q;-1;;;+3/p-2. The van der Waals surface area contributed by atoms with Crippen LogP contribution in [0.3, 0.4) is 0 Å². The molecule has 0 spiro atoms. The van der Waals surface area contributed by atoms with Crippen LogP contribution in [-0.4, -0.2) is 23.1 Å². The number of unbranched alkanes of at least 4 members (excludes halogenated alkanes) is 1. The van der Waals surface area contributed by atoms with E-state index in [-0.39, 0.29) is 0 Å². The summed E-state index contributed by atoms with van der Waals surface area (Å²) in [5, 5.41) is 0. The van der Waals surface area contributed by atoms with Crippen molar-refractivity contribution in [1.82, 2.24) is 0 Å². The fraction of sp³-hybridized carbons (Fsp3) is 1.00. The maximum absolute atomic E-state index is 5.97. The SMILES string of the molecule is CCC[CH2][Sn]([Cl])([Cl])[O]CC. The van der Waals surface area contributed by atoms with Gasteiger partial charge in [0.05, 0.1) is 0 Å². The zero-order chi connectivity index (χ0) is 8.04. The Balaban J connectivity index is 3.42. The Morgan fingerprint density at radius 3 is 2.30 bits per heavy atom. The second kappa shape index (κ2) is 5.92. The van der Waals surface area contributed by atoms with Gasteiger partial charge in [-0.3, -0.25) is 0 Å². The van der Waals surface area contributed by atoms with Crippen molar-refractivity contribution >= 4 is 34.4 Å². The molecule has 1 nitrogen and oxygen atoms in total. The first-order valence-electron chi connectivity index (χ1n) is 3.64. The maximum atomic E-state index is 5.97. The van der Waals surface area contributed by atoms with Gasteiger partial charge in [-0.25, -0.2) is 0 Å². The van der Waals surface area contributed by atoms with Gasteiger partial charge in [0.1, 0.15) is 0 Å². The molecular weight excluding hydrogens is 278 g/mol. The third kappa shape index (κ3) is 6.08. The fourth-order valence-corrected chi connectivity index (χ4v) is 7.72. The first kappa shape index (κ1) is 11.3. The molecule has 0 aliphatic heterocycles. The molecule has 0 saturated carbocycles. The van der Waals surface area contributed by atoms with Gasteiger partial charge in [-0.05, 0) is 0 Å². The van der Waals surface area contributed by atoms with Crippen molar-refractivity contribution in [3.63, 3.8) is 0 Å². The van der Waals surface area contributed by atoms with Crippen molar-refractivity contribution in [2.45, 2.75) is 31.1 Å². The van der Waals surface area contributed by atoms with Crippen LogP contribution in [0.4, 0.5) is 0 Å². The summed E-state index contributed by atoms with van der Waals surface area (Å²) in [5.41, 5.74) is 0. The van der Waals surface area contributed by atoms with Gasteiger partial charge in [0.25, 0.3) is 0 Å². The third-order valence-corrected chi connectivity index (χ3v) is 9.88. The van der Waals surface area contributed by atoms with Crippen LogP contribution in [0.25, 0.3) is 0 Å². The van der Waals surface area contributed by atoms with Crippen molar-refractivity contribution in [1.29, 1.82) is 0 Å². The molecule has 0 fully saturated rings. The quantitative estimate of drug-likeness (QED) is 0.707. The predicted molar refractivity (Wildman–Crippen MR) is 48.8 cm³/mol. The Kier molecular flexibility index (Phi) is 6.72. The van der Waals surface area contributed by atoms with Crippen LogP contribution < -0.4 is 0 Å². The molecule has 0 unspecified atom stereocenters. The molecule has 0 aliphatic carbocycles. The van der Waals surface area contributed by atoms with Crippen LogP contribution in [0, 0.1) is 0 Å². The van der Waals surface area contributed by atoms with E-state index in [1.54, 1.807) is 0 Å². The molecule has 0 N–H and O–H groups in total. The molecule has 0 atom stereocenters. The van der Waals surface area contributed by atoms with E-state index < -0.39 is 16.5 Å². The average Bonchev–Trinajstić information content (AvgIpc) is 1.84. The molecule has 0 aromatic rings. The predicted octanol–water partition coefficient (Wildman–Crippen LogP) is 3.24. The molecule has 0 aliphatic rings. The molecule has 0 amide bonds. The fourth-order valence-electron chi connectivity index (χ4n) is 0.666. The van der Waals surface area contributed by atoms with E-state index in [4.69, 9.17) is 20.9 Å². The molecule has 0 heterocycles. The summed E-state index contributed by atoms with van der Waals surface area (Å²) < 4.78 is 6.19. The van der Waals surface area contributed by atoms with Crippen LogP contribution >= 0.6 is 17.8 Å². The number of halogens is 2. The van der Waals surface area contributed by atoms with E-state index in [9.17, 15) is 0 Å². The van der Waals surface area contributed by atoms with E-state index in [0.29, 0.717) is 6.61 Å². The molecule has 0 saturated heterocycles. The molecule has 0 aromatic heterocycles. The second-order valence-corrected chi connectivity index (χ2v) is 17.6. The number of hydrogen-bond acceptors (Lipinski definition) is 1. The minimum absolute atomic E-state index is 0.660. The average molecular weight is 292 g/mol. The van der Waals surface area contributed by atoms with E-state index in [2.05, 4.69) is 6.92 Å². The Hall–Kier alpha value is 1.34. The molecule has 4 heteroatoms. The molecule has 62 valence electrons. The Labute approximate surface area is 74.9 Å². The van der Waals surface area contributed by atoms with E-state index in [1.807, 2.05) is 6.92 Å². The van der Waals surface area contributed by atoms with Crippen molar-refractivity contribution in [2.75, 3.05) is 6.61 Å². The van der Waals surface area contributed by atoms with Crippen molar-refractivity contribution in [3.05, 3.63) is 0 Å². The molecule has 0 rings (SSSR count). The van der Waals surface area contributed by atoms with Crippen LogP contribution in [-0.2, 0) is 3.07 Å². The molecule has 0 aromatic carbocycles. The third-order valence-electron chi connectivity index (χ3n) is 1.18. The summed E-state index contributed by atoms with van der Waals surface area (Å²) in [6.45, 7) is 4.72. The zero-order valence-corrected chi connectivity index (χ0v) is 10.9. The summed E-state index contributed by atoms with van der Waals surface area (Å²) >= 11 is -2.96. The zero-order valence-electron chi connectivity index (χ0n) is 6.49. The van der Waals surface area contributed by atoms with E-state index in [0.717, 1.165) is 17.3 Å². The van der Waals surface area contributed by atoms with Crippen LogP contribution in [0.2, 0.25) is 4.44 Å². The summed E-state index contributed by atoms with van der Waals surface area (Å²) in [7, 11) is 11.9. The molecule has 0 radical (unpaired) electrons. The van der Waals surface area contributed by atoms with Crippen molar-refractivity contribution < 1.29 is 3.07 Å². The van der Waals surface area contributed by atoms with Gasteiger partial charge < -0.3 is 0 Å².